The molecule has 1 fully saturated rings. The maximum atomic E-state index is 4.53. The minimum absolute atomic E-state index is 0.750. The maximum Gasteiger partial charge on any atom is 0.159 e. The van der Waals surface area contributed by atoms with Gasteiger partial charge in [-0.05, 0) is 55.1 Å². The lowest BCUT2D eigenvalue weighted by atomic mass is 9.77. The molecule has 0 spiro atoms. The number of nitrogens with zero attached hydrogens (tertiary/aromatic N) is 2. The lowest BCUT2D eigenvalue weighted by Gasteiger charge is -2.28. The van der Waals surface area contributed by atoms with Gasteiger partial charge in [0.25, 0.3) is 0 Å². The fourth-order valence-electron chi connectivity index (χ4n) is 4.02. The molecule has 1 saturated carbocycles. The molecule has 0 N–H and O–H groups in total. The highest BCUT2D eigenvalue weighted by molar-refractivity contribution is 5.55. The van der Waals surface area contributed by atoms with Crippen LogP contribution < -0.4 is 0 Å². The molecule has 2 heteroatoms. The van der Waals surface area contributed by atoms with Gasteiger partial charge >= 0.3 is 0 Å². The van der Waals surface area contributed by atoms with Crippen LogP contribution in [0.3, 0.4) is 0 Å². The Morgan fingerprint density at radius 2 is 1.54 bits per heavy atom. The van der Waals surface area contributed by atoms with Crippen LogP contribution in [-0.2, 0) is 6.42 Å². The quantitative estimate of drug-likeness (QED) is 0.635. The molecule has 0 amide bonds. The summed E-state index contributed by atoms with van der Waals surface area (Å²) < 4.78 is 0. The predicted molar refractivity (Wildman–Crippen MR) is 101 cm³/mol. The van der Waals surface area contributed by atoms with E-state index in [1.54, 1.807) is 0 Å². The van der Waals surface area contributed by atoms with Crippen molar-refractivity contribution in [2.45, 2.75) is 71.1 Å². The SMILES string of the molecule is CCCc1cnc(-c2ccc([C@H]3CC[C@H](CCC)CC3)cc2)nc1. The second-order valence-electron chi connectivity index (χ2n) is 7.29. The lowest BCUT2D eigenvalue weighted by molar-refractivity contribution is 0.308. The smallest absolute Gasteiger partial charge is 0.159 e. The molecule has 2 aromatic rings. The van der Waals surface area contributed by atoms with Gasteiger partial charge in [-0.25, -0.2) is 9.97 Å². The van der Waals surface area contributed by atoms with E-state index in [2.05, 4.69) is 48.1 Å². The van der Waals surface area contributed by atoms with Gasteiger partial charge < -0.3 is 0 Å². The van der Waals surface area contributed by atoms with E-state index < -0.39 is 0 Å². The number of benzene rings is 1. The molecule has 1 aliphatic rings. The van der Waals surface area contributed by atoms with Gasteiger partial charge in [0.05, 0.1) is 0 Å². The second kappa shape index (κ2) is 8.41. The summed E-state index contributed by atoms with van der Waals surface area (Å²) in [5.74, 6) is 2.56. The highest BCUT2D eigenvalue weighted by atomic mass is 14.9. The third-order valence-electron chi connectivity index (χ3n) is 5.43. The van der Waals surface area contributed by atoms with Crippen molar-refractivity contribution in [3.8, 4) is 11.4 Å². The van der Waals surface area contributed by atoms with E-state index in [0.717, 1.165) is 36.1 Å². The van der Waals surface area contributed by atoms with Crippen molar-refractivity contribution in [3.63, 3.8) is 0 Å². The Bertz CT molecular complexity index is 607. The van der Waals surface area contributed by atoms with Gasteiger partial charge in [-0.3, -0.25) is 0 Å². The van der Waals surface area contributed by atoms with Crippen molar-refractivity contribution in [2.75, 3.05) is 0 Å². The van der Waals surface area contributed by atoms with E-state index in [0.29, 0.717) is 0 Å². The van der Waals surface area contributed by atoms with Crippen LogP contribution >= 0.6 is 0 Å². The number of rotatable bonds is 6. The first-order valence-electron chi connectivity index (χ1n) is 9.71. The molecule has 2 nitrogen and oxygen atoms in total. The van der Waals surface area contributed by atoms with Crippen LogP contribution in [0.1, 0.15) is 75.8 Å². The van der Waals surface area contributed by atoms with Crippen molar-refractivity contribution in [3.05, 3.63) is 47.8 Å². The van der Waals surface area contributed by atoms with Crippen LogP contribution in [0.5, 0.6) is 0 Å². The zero-order valence-corrected chi connectivity index (χ0v) is 15.2. The summed E-state index contributed by atoms with van der Waals surface area (Å²) in [6.45, 7) is 4.49. The van der Waals surface area contributed by atoms with Gasteiger partial charge in [0.15, 0.2) is 5.82 Å². The average molecular weight is 322 g/mol. The van der Waals surface area contributed by atoms with Crippen LogP contribution in [0.2, 0.25) is 0 Å². The van der Waals surface area contributed by atoms with Crippen LogP contribution in [0.25, 0.3) is 11.4 Å². The van der Waals surface area contributed by atoms with Crippen molar-refractivity contribution in [2.24, 2.45) is 5.92 Å². The first kappa shape index (κ1) is 17.1. The molecule has 0 bridgehead atoms. The summed E-state index contributed by atoms with van der Waals surface area (Å²) in [4.78, 5) is 9.06. The van der Waals surface area contributed by atoms with Crippen molar-refractivity contribution in [1.29, 1.82) is 0 Å². The van der Waals surface area contributed by atoms with Crippen LogP contribution in [-0.4, -0.2) is 9.97 Å². The van der Waals surface area contributed by atoms with Crippen molar-refractivity contribution < 1.29 is 0 Å². The number of aryl methyl sites for hydroxylation is 1. The second-order valence-corrected chi connectivity index (χ2v) is 7.29. The third kappa shape index (κ3) is 4.23. The van der Waals surface area contributed by atoms with Gasteiger partial charge in [-0.1, -0.05) is 57.4 Å². The summed E-state index contributed by atoms with van der Waals surface area (Å²) in [7, 11) is 0. The van der Waals surface area contributed by atoms with E-state index in [1.165, 1.54) is 49.7 Å². The molecule has 1 aromatic heterocycles. The molecule has 0 saturated heterocycles. The van der Waals surface area contributed by atoms with E-state index in [1.807, 2.05) is 12.4 Å². The third-order valence-corrected chi connectivity index (χ3v) is 5.43. The number of hydrogen-bond acceptors (Lipinski definition) is 2. The minimum atomic E-state index is 0.750. The molecule has 0 aliphatic heterocycles. The molecule has 0 unspecified atom stereocenters. The Balaban J connectivity index is 1.63. The van der Waals surface area contributed by atoms with Gasteiger partial charge in [0.2, 0.25) is 0 Å². The Morgan fingerprint density at radius 1 is 0.875 bits per heavy atom. The fourth-order valence-corrected chi connectivity index (χ4v) is 4.02. The molecule has 1 aromatic carbocycles. The lowest BCUT2D eigenvalue weighted by Crippen LogP contribution is -2.13. The first-order valence-corrected chi connectivity index (χ1v) is 9.71. The van der Waals surface area contributed by atoms with Crippen LogP contribution in [0, 0.1) is 5.92 Å². The highest BCUT2D eigenvalue weighted by Gasteiger charge is 2.21. The Kier molecular flexibility index (Phi) is 6.01. The summed E-state index contributed by atoms with van der Waals surface area (Å²) in [5.41, 5.74) is 3.85. The predicted octanol–water partition coefficient (Wildman–Crippen LogP) is 6.17. The summed E-state index contributed by atoms with van der Waals surface area (Å²) >= 11 is 0. The monoisotopic (exact) mass is 322 g/mol. The average Bonchev–Trinajstić information content (AvgIpc) is 2.64. The Hall–Kier alpha value is -1.70. The maximum absolute atomic E-state index is 4.53. The van der Waals surface area contributed by atoms with Crippen LogP contribution in [0.4, 0.5) is 0 Å². The highest BCUT2D eigenvalue weighted by Crippen LogP contribution is 2.37. The zero-order chi connectivity index (χ0) is 16.8. The molecule has 128 valence electrons. The van der Waals surface area contributed by atoms with Gasteiger partial charge in [-0.2, -0.15) is 0 Å². The van der Waals surface area contributed by atoms with E-state index in [4.69, 9.17) is 0 Å². The van der Waals surface area contributed by atoms with Gasteiger partial charge in [0, 0.05) is 18.0 Å². The van der Waals surface area contributed by atoms with E-state index >= 15 is 0 Å². The molecule has 0 radical (unpaired) electrons. The van der Waals surface area contributed by atoms with E-state index in [-0.39, 0.29) is 0 Å². The minimum Gasteiger partial charge on any atom is -0.236 e. The normalized spacial score (nSPS) is 20.9. The van der Waals surface area contributed by atoms with E-state index in [9.17, 15) is 0 Å². The molecule has 1 aliphatic carbocycles. The topological polar surface area (TPSA) is 25.8 Å². The van der Waals surface area contributed by atoms with Gasteiger partial charge in [0.1, 0.15) is 0 Å². The molecule has 3 rings (SSSR count). The molecule has 1 heterocycles. The first-order chi connectivity index (χ1) is 11.8. The molecule has 0 atom stereocenters. The summed E-state index contributed by atoms with van der Waals surface area (Å²) in [5, 5.41) is 0. The summed E-state index contributed by atoms with van der Waals surface area (Å²) in [6, 6.07) is 8.98. The number of aromatic nitrogens is 2. The molecule has 24 heavy (non-hydrogen) atoms. The standard InChI is InChI=1S/C22H30N2/c1-3-5-17-7-9-19(10-8-17)20-11-13-21(14-12-20)22-23-15-18(6-4-2)16-24-22/h11-17,19H,3-10H2,1-2H3/t17-,19-. The molecular weight excluding hydrogens is 292 g/mol. The Morgan fingerprint density at radius 3 is 2.12 bits per heavy atom. The van der Waals surface area contributed by atoms with Crippen molar-refractivity contribution >= 4 is 0 Å². The number of hydrogen-bond donors (Lipinski definition) is 0. The Labute approximate surface area is 146 Å². The van der Waals surface area contributed by atoms with Crippen molar-refractivity contribution in [1.82, 2.24) is 9.97 Å². The zero-order valence-electron chi connectivity index (χ0n) is 15.2. The molecular formula is C22H30N2. The largest absolute Gasteiger partial charge is 0.236 e. The van der Waals surface area contributed by atoms with Gasteiger partial charge in [-0.15, -0.1) is 0 Å². The van der Waals surface area contributed by atoms with Crippen LogP contribution in [0.15, 0.2) is 36.7 Å². The fraction of sp³-hybridized carbons (Fsp3) is 0.545. The summed E-state index contributed by atoms with van der Waals surface area (Å²) in [6.07, 6.45) is 14.4.